The summed E-state index contributed by atoms with van der Waals surface area (Å²) >= 11 is 0. The van der Waals surface area contributed by atoms with E-state index in [1.165, 1.54) is 12.4 Å². The molecular weight excluding hydrogens is 374 g/mol. The van der Waals surface area contributed by atoms with Crippen molar-refractivity contribution in [2.24, 2.45) is 0 Å². The molecule has 7 nitrogen and oxygen atoms in total. The van der Waals surface area contributed by atoms with Gasteiger partial charge < -0.3 is 4.98 Å². The topological polar surface area (TPSA) is 104 Å². The van der Waals surface area contributed by atoms with Crippen LogP contribution in [0.1, 0.15) is 16.7 Å². The summed E-state index contributed by atoms with van der Waals surface area (Å²) in [6.07, 6.45) is 4.40. The van der Waals surface area contributed by atoms with E-state index in [0.717, 1.165) is 11.1 Å². The Morgan fingerprint density at radius 2 is 2.00 bits per heavy atom. The number of hydrogen-bond acceptors (Lipinski definition) is 4. The van der Waals surface area contributed by atoms with Gasteiger partial charge in [-0.3, -0.25) is 9.40 Å². The fourth-order valence-corrected chi connectivity index (χ4v) is 4.16. The Labute approximate surface area is 162 Å². The van der Waals surface area contributed by atoms with Gasteiger partial charge in [0, 0.05) is 17.8 Å². The first-order chi connectivity index (χ1) is 13.5. The highest BCUT2D eigenvalue weighted by Crippen LogP contribution is 2.29. The maximum Gasteiger partial charge on any atom is 0.265 e. The SMILES string of the molecule is Cc1ccc(NS(=O)(=O)c2cnn(Cc3ccccc3)c2)c2[nH]cc(C#N)c12. The number of nitrogens with zero attached hydrogens (tertiary/aromatic N) is 3. The number of nitrogens with one attached hydrogen (secondary N) is 2. The van der Waals surface area contributed by atoms with Crippen molar-refractivity contribution in [3.63, 3.8) is 0 Å². The van der Waals surface area contributed by atoms with Gasteiger partial charge in [0.25, 0.3) is 10.0 Å². The molecule has 2 heterocycles. The lowest BCUT2D eigenvalue weighted by molar-refractivity contribution is 0.601. The van der Waals surface area contributed by atoms with Gasteiger partial charge in [-0.1, -0.05) is 36.4 Å². The number of rotatable bonds is 5. The van der Waals surface area contributed by atoms with E-state index in [2.05, 4.69) is 20.9 Å². The van der Waals surface area contributed by atoms with E-state index in [-0.39, 0.29) is 4.90 Å². The highest BCUT2D eigenvalue weighted by Gasteiger charge is 2.19. The van der Waals surface area contributed by atoms with Crippen molar-refractivity contribution >= 4 is 26.6 Å². The van der Waals surface area contributed by atoms with E-state index < -0.39 is 10.0 Å². The molecule has 0 atom stereocenters. The Bertz CT molecular complexity index is 1300. The molecule has 0 unspecified atom stereocenters. The molecule has 0 aliphatic carbocycles. The van der Waals surface area contributed by atoms with Gasteiger partial charge in [-0.25, -0.2) is 8.42 Å². The molecular formula is C20H17N5O2S. The van der Waals surface area contributed by atoms with Gasteiger partial charge in [-0.05, 0) is 24.1 Å². The molecule has 0 radical (unpaired) electrons. The average Bonchev–Trinajstić information content (AvgIpc) is 3.33. The molecule has 2 N–H and O–H groups in total. The van der Waals surface area contributed by atoms with Gasteiger partial charge in [0.1, 0.15) is 11.0 Å². The number of nitriles is 1. The van der Waals surface area contributed by atoms with E-state index in [0.29, 0.717) is 28.7 Å². The van der Waals surface area contributed by atoms with Crippen LogP contribution in [0, 0.1) is 18.3 Å². The number of benzene rings is 2. The smallest absolute Gasteiger partial charge is 0.265 e. The maximum absolute atomic E-state index is 12.8. The third-order valence-corrected chi connectivity index (χ3v) is 5.84. The molecule has 0 saturated carbocycles. The van der Waals surface area contributed by atoms with Gasteiger partial charge in [0.2, 0.25) is 0 Å². The highest BCUT2D eigenvalue weighted by atomic mass is 32.2. The summed E-state index contributed by atoms with van der Waals surface area (Å²) in [5.74, 6) is 0. The lowest BCUT2D eigenvalue weighted by Gasteiger charge is -2.09. The number of aromatic amines is 1. The summed E-state index contributed by atoms with van der Waals surface area (Å²) in [6.45, 7) is 2.36. The zero-order valence-electron chi connectivity index (χ0n) is 15.0. The van der Waals surface area contributed by atoms with Gasteiger partial charge in [0.15, 0.2) is 0 Å². The number of aromatic nitrogens is 3. The van der Waals surface area contributed by atoms with E-state index >= 15 is 0 Å². The number of aryl methyl sites for hydroxylation is 1. The van der Waals surface area contributed by atoms with Crippen LogP contribution in [0.2, 0.25) is 0 Å². The van der Waals surface area contributed by atoms with Crippen LogP contribution in [0.25, 0.3) is 10.9 Å². The Morgan fingerprint density at radius 1 is 1.21 bits per heavy atom. The number of H-pyrrole nitrogens is 1. The number of fused-ring (bicyclic) bond motifs is 1. The summed E-state index contributed by atoms with van der Waals surface area (Å²) < 4.78 is 29.8. The van der Waals surface area contributed by atoms with Crippen LogP contribution in [0.15, 0.2) is 66.0 Å². The molecule has 2 aromatic heterocycles. The van der Waals surface area contributed by atoms with Crippen LogP contribution in [0.5, 0.6) is 0 Å². The van der Waals surface area contributed by atoms with Crippen LogP contribution in [-0.4, -0.2) is 23.2 Å². The zero-order chi connectivity index (χ0) is 19.7. The van der Waals surface area contributed by atoms with Crippen molar-refractivity contribution < 1.29 is 8.42 Å². The van der Waals surface area contributed by atoms with Crippen molar-refractivity contribution in [3.05, 3.63) is 77.7 Å². The van der Waals surface area contributed by atoms with E-state index in [9.17, 15) is 13.7 Å². The quantitative estimate of drug-likeness (QED) is 0.544. The minimum absolute atomic E-state index is 0.0734. The standard InChI is InChI=1S/C20H17N5O2S/c1-14-7-8-18(20-19(14)16(9-21)10-22-20)24-28(26,27)17-11-23-25(13-17)12-15-5-3-2-4-6-15/h2-8,10-11,13,22,24H,12H2,1H3. The van der Waals surface area contributed by atoms with Gasteiger partial charge in [-0.15, -0.1) is 0 Å². The minimum atomic E-state index is -3.82. The van der Waals surface area contributed by atoms with Crippen LogP contribution >= 0.6 is 0 Å². The van der Waals surface area contributed by atoms with Crippen LogP contribution in [-0.2, 0) is 16.6 Å². The fraction of sp³-hybridized carbons (Fsp3) is 0.100. The second-order valence-corrected chi connectivity index (χ2v) is 8.14. The molecule has 28 heavy (non-hydrogen) atoms. The zero-order valence-corrected chi connectivity index (χ0v) is 15.9. The Morgan fingerprint density at radius 3 is 2.75 bits per heavy atom. The van der Waals surface area contributed by atoms with Crippen LogP contribution in [0.3, 0.4) is 0 Å². The second kappa shape index (κ2) is 6.87. The Kier molecular flexibility index (Phi) is 4.37. The summed E-state index contributed by atoms with van der Waals surface area (Å²) in [5.41, 5.74) is 3.36. The summed E-state index contributed by atoms with van der Waals surface area (Å²) in [4.78, 5) is 3.06. The fourth-order valence-electron chi connectivity index (χ4n) is 3.14. The van der Waals surface area contributed by atoms with E-state index in [1.54, 1.807) is 23.0 Å². The predicted octanol–water partition coefficient (Wildman–Crippen LogP) is 3.39. The van der Waals surface area contributed by atoms with Crippen molar-refractivity contribution in [2.45, 2.75) is 18.4 Å². The normalized spacial score (nSPS) is 11.4. The largest absolute Gasteiger partial charge is 0.358 e. The lowest BCUT2D eigenvalue weighted by Crippen LogP contribution is -2.13. The molecule has 0 amide bonds. The molecule has 2 aromatic carbocycles. The van der Waals surface area contributed by atoms with Crippen molar-refractivity contribution in [1.82, 2.24) is 14.8 Å². The van der Waals surface area contributed by atoms with Crippen LogP contribution in [0.4, 0.5) is 5.69 Å². The summed E-state index contributed by atoms with van der Waals surface area (Å²) in [7, 11) is -3.82. The first kappa shape index (κ1) is 17.8. The molecule has 0 spiro atoms. The number of sulfonamides is 1. The molecule has 4 rings (SSSR count). The van der Waals surface area contributed by atoms with Crippen molar-refractivity contribution in [2.75, 3.05) is 4.72 Å². The van der Waals surface area contributed by atoms with Crippen LogP contribution < -0.4 is 4.72 Å². The molecule has 4 aromatic rings. The lowest BCUT2D eigenvalue weighted by atomic mass is 10.1. The molecule has 140 valence electrons. The first-order valence-corrected chi connectivity index (χ1v) is 10.1. The highest BCUT2D eigenvalue weighted by molar-refractivity contribution is 7.92. The molecule has 0 saturated heterocycles. The Balaban J connectivity index is 1.64. The number of anilines is 1. The summed E-state index contributed by atoms with van der Waals surface area (Å²) in [6, 6.07) is 15.3. The Hall–Kier alpha value is -3.57. The predicted molar refractivity (Wildman–Crippen MR) is 106 cm³/mol. The second-order valence-electron chi connectivity index (χ2n) is 6.46. The average molecular weight is 391 g/mol. The summed E-state index contributed by atoms with van der Waals surface area (Å²) in [5, 5.41) is 14.1. The van der Waals surface area contributed by atoms with Crippen molar-refractivity contribution in [1.29, 1.82) is 5.26 Å². The minimum Gasteiger partial charge on any atom is -0.358 e. The third-order valence-electron chi connectivity index (χ3n) is 4.52. The van der Waals surface area contributed by atoms with Gasteiger partial charge in [-0.2, -0.15) is 10.4 Å². The van der Waals surface area contributed by atoms with Crippen molar-refractivity contribution in [3.8, 4) is 6.07 Å². The molecule has 0 bridgehead atoms. The van der Waals surface area contributed by atoms with Gasteiger partial charge >= 0.3 is 0 Å². The molecule has 0 fully saturated rings. The first-order valence-electron chi connectivity index (χ1n) is 8.58. The third kappa shape index (κ3) is 3.23. The van der Waals surface area contributed by atoms with E-state index in [1.807, 2.05) is 37.3 Å². The molecule has 8 heteroatoms. The van der Waals surface area contributed by atoms with Gasteiger partial charge in [0.05, 0.1) is 29.5 Å². The number of hydrogen-bond donors (Lipinski definition) is 2. The molecule has 0 aliphatic heterocycles. The molecule has 0 aliphatic rings. The van der Waals surface area contributed by atoms with E-state index in [4.69, 9.17) is 0 Å². The monoisotopic (exact) mass is 391 g/mol. The maximum atomic E-state index is 12.8.